The fraction of sp³-hybridized carbons (Fsp3) is 0.474. The number of ether oxygens (including phenoxy) is 2. The van der Waals surface area contributed by atoms with E-state index in [0.29, 0.717) is 4.90 Å². The van der Waals surface area contributed by atoms with Gasteiger partial charge in [-0.1, -0.05) is 30.3 Å². The van der Waals surface area contributed by atoms with E-state index in [1.807, 2.05) is 0 Å². The van der Waals surface area contributed by atoms with Crippen molar-refractivity contribution < 1.29 is 33.0 Å². The highest BCUT2D eigenvalue weighted by atomic mass is 19.1. The minimum Gasteiger partial charge on any atom is -0.447 e. The average Bonchev–Trinajstić information content (AvgIpc) is 3.03. The number of carbonyl (C=O) groups is 4. The highest BCUT2D eigenvalue weighted by Gasteiger charge is 2.56. The first kappa shape index (κ1) is 21.3. The number of Topliss-reactive ketones (excluding diaryl/α,β-unsaturated/α-hetero) is 1. The zero-order valence-electron chi connectivity index (χ0n) is 16.2. The molecule has 28 heavy (non-hydrogen) atoms. The molecule has 0 radical (unpaired) electrons. The van der Waals surface area contributed by atoms with Crippen molar-refractivity contribution in [1.29, 1.82) is 0 Å². The number of cyclic esters (lactones) is 1. The number of ketones is 1. The molecule has 2 rings (SSSR count). The Morgan fingerprint density at radius 1 is 1.21 bits per heavy atom. The molecule has 1 N–H and O–H groups in total. The van der Waals surface area contributed by atoms with Crippen molar-refractivity contribution in [1.82, 2.24) is 10.2 Å². The Bertz CT molecular complexity index is 776. The maximum atomic E-state index is 16.1. The topological polar surface area (TPSA) is 102 Å². The maximum Gasteiger partial charge on any atom is 0.416 e. The van der Waals surface area contributed by atoms with E-state index in [4.69, 9.17) is 4.74 Å². The van der Waals surface area contributed by atoms with Gasteiger partial charge in [0.1, 0.15) is 18.2 Å². The number of nitrogens with zero attached hydrogens (tertiary/aromatic N) is 1. The van der Waals surface area contributed by atoms with E-state index in [1.54, 1.807) is 39.0 Å². The lowest BCUT2D eigenvalue weighted by molar-refractivity contribution is -0.151. The number of hydrogen-bond acceptors (Lipinski definition) is 6. The number of rotatable bonds is 5. The van der Waals surface area contributed by atoms with Gasteiger partial charge in [0.05, 0.1) is 6.54 Å². The summed E-state index contributed by atoms with van der Waals surface area (Å²) in [7, 11) is 0. The molecule has 0 saturated carbocycles. The number of imide groups is 1. The zero-order chi connectivity index (χ0) is 21.1. The van der Waals surface area contributed by atoms with Crippen molar-refractivity contribution in [3.8, 4) is 0 Å². The summed E-state index contributed by atoms with van der Waals surface area (Å²) in [6.07, 6.45) is -2.06. The number of alkyl halides is 1. The highest BCUT2D eigenvalue weighted by molar-refractivity contribution is 6.13. The van der Waals surface area contributed by atoms with Crippen LogP contribution in [0.1, 0.15) is 39.3 Å². The zero-order valence-corrected chi connectivity index (χ0v) is 16.2. The summed E-state index contributed by atoms with van der Waals surface area (Å²) in [5.41, 5.74) is -3.96. The van der Waals surface area contributed by atoms with Crippen molar-refractivity contribution in [2.45, 2.75) is 45.0 Å². The maximum absolute atomic E-state index is 16.1. The van der Waals surface area contributed by atoms with Crippen molar-refractivity contribution in [2.75, 3.05) is 13.2 Å². The molecule has 1 fully saturated rings. The van der Waals surface area contributed by atoms with Gasteiger partial charge in [-0.25, -0.2) is 18.9 Å². The average molecular weight is 394 g/mol. The summed E-state index contributed by atoms with van der Waals surface area (Å²) in [6.45, 7) is 5.43. The van der Waals surface area contributed by atoms with Crippen LogP contribution in [0.25, 0.3) is 0 Å². The van der Waals surface area contributed by atoms with Crippen LogP contribution in [-0.4, -0.2) is 53.2 Å². The first-order chi connectivity index (χ1) is 13.0. The van der Waals surface area contributed by atoms with Crippen LogP contribution < -0.4 is 5.32 Å². The Morgan fingerprint density at radius 3 is 2.29 bits per heavy atom. The van der Waals surface area contributed by atoms with Crippen molar-refractivity contribution in [3.63, 3.8) is 0 Å². The van der Waals surface area contributed by atoms with Gasteiger partial charge in [0.25, 0.3) is 11.6 Å². The third-order valence-electron chi connectivity index (χ3n) is 4.02. The molecule has 0 aromatic heterocycles. The molecule has 1 heterocycles. The normalized spacial score (nSPS) is 17.3. The number of alkyl carbamates (subject to hydrolysis) is 1. The van der Waals surface area contributed by atoms with Gasteiger partial charge < -0.3 is 14.8 Å². The Balaban J connectivity index is 2.47. The molecule has 2 atom stereocenters. The number of amides is 3. The van der Waals surface area contributed by atoms with E-state index >= 15 is 4.39 Å². The monoisotopic (exact) mass is 394 g/mol. The van der Waals surface area contributed by atoms with Crippen LogP contribution in [0.4, 0.5) is 14.0 Å². The summed E-state index contributed by atoms with van der Waals surface area (Å²) in [4.78, 5) is 49.7. The van der Waals surface area contributed by atoms with Gasteiger partial charge in [-0.15, -0.1) is 0 Å². The van der Waals surface area contributed by atoms with E-state index < -0.39 is 41.2 Å². The minimum atomic E-state index is -3.23. The third-order valence-corrected chi connectivity index (χ3v) is 4.02. The van der Waals surface area contributed by atoms with Gasteiger partial charge in [0.2, 0.25) is 0 Å². The molecule has 1 aliphatic heterocycles. The van der Waals surface area contributed by atoms with Crippen LogP contribution in [0.15, 0.2) is 30.3 Å². The van der Waals surface area contributed by atoms with Gasteiger partial charge in [-0.05, 0) is 33.3 Å². The smallest absolute Gasteiger partial charge is 0.416 e. The van der Waals surface area contributed by atoms with Crippen LogP contribution in [0.3, 0.4) is 0 Å². The second kappa shape index (κ2) is 7.95. The molecule has 0 unspecified atom stereocenters. The van der Waals surface area contributed by atoms with Gasteiger partial charge in [-0.2, -0.15) is 0 Å². The SMILES string of the molecule is CC(=O)[C@@](F)(C(=O)N1CCOC1=O)[C@H](NC(=O)OC(C)(C)C)c1ccccc1. The summed E-state index contributed by atoms with van der Waals surface area (Å²) < 4.78 is 25.9. The lowest BCUT2D eigenvalue weighted by Gasteiger charge is -2.33. The first-order valence-electron chi connectivity index (χ1n) is 8.70. The van der Waals surface area contributed by atoms with E-state index in [9.17, 15) is 19.2 Å². The molecule has 1 aromatic rings. The molecule has 3 amide bonds. The summed E-state index contributed by atoms with van der Waals surface area (Å²) in [5, 5.41) is 2.27. The van der Waals surface area contributed by atoms with Crippen LogP contribution in [0.2, 0.25) is 0 Å². The highest BCUT2D eigenvalue weighted by Crippen LogP contribution is 2.34. The van der Waals surface area contributed by atoms with Crippen LogP contribution in [0.5, 0.6) is 0 Å². The van der Waals surface area contributed by atoms with Crippen molar-refractivity contribution in [3.05, 3.63) is 35.9 Å². The van der Waals surface area contributed by atoms with Gasteiger partial charge >= 0.3 is 12.2 Å². The first-order valence-corrected chi connectivity index (χ1v) is 8.70. The van der Waals surface area contributed by atoms with Crippen LogP contribution in [0, 0.1) is 0 Å². The number of nitrogens with one attached hydrogen (secondary N) is 1. The Morgan fingerprint density at radius 2 is 1.82 bits per heavy atom. The lowest BCUT2D eigenvalue weighted by Crippen LogP contribution is -2.58. The molecular formula is C19H23FN2O6. The fourth-order valence-corrected chi connectivity index (χ4v) is 2.73. The van der Waals surface area contributed by atoms with E-state index in [1.165, 1.54) is 12.1 Å². The summed E-state index contributed by atoms with van der Waals surface area (Å²) in [6, 6.07) is 5.98. The Kier molecular flexibility index (Phi) is 6.06. The summed E-state index contributed by atoms with van der Waals surface area (Å²) in [5.74, 6) is -2.56. The molecular weight excluding hydrogens is 371 g/mol. The predicted octanol–water partition coefficient (Wildman–Crippen LogP) is 2.53. The Labute approximate surface area is 162 Å². The number of hydrogen-bond donors (Lipinski definition) is 1. The molecule has 9 heteroatoms. The van der Waals surface area contributed by atoms with E-state index in [0.717, 1.165) is 6.92 Å². The minimum absolute atomic E-state index is 0.103. The largest absolute Gasteiger partial charge is 0.447 e. The molecule has 1 saturated heterocycles. The molecule has 1 aliphatic rings. The molecule has 0 aliphatic carbocycles. The molecule has 152 valence electrons. The van der Waals surface area contributed by atoms with Crippen molar-refractivity contribution >= 4 is 23.9 Å². The lowest BCUT2D eigenvalue weighted by atomic mass is 9.85. The second-order valence-corrected chi connectivity index (χ2v) is 7.33. The quantitative estimate of drug-likeness (QED) is 0.770. The summed E-state index contributed by atoms with van der Waals surface area (Å²) >= 11 is 0. The van der Waals surface area contributed by atoms with Gasteiger partial charge in [0, 0.05) is 0 Å². The van der Waals surface area contributed by atoms with Crippen LogP contribution >= 0.6 is 0 Å². The molecule has 0 spiro atoms. The molecule has 8 nitrogen and oxygen atoms in total. The van der Waals surface area contributed by atoms with E-state index in [-0.39, 0.29) is 18.7 Å². The van der Waals surface area contributed by atoms with Gasteiger partial charge in [0.15, 0.2) is 5.78 Å². The van der Waals surface area contributed by atoms with Gasteiger partial charge in [-0.3, -0.25) is 9.59 Å². The number of carbonyl (C=O) groups excluding carboxylic acids is 4. The second-order valence-electron chi connectivity index (χ2n) is 7.33. The van der Waals surface area contributed by atoms with Crippen LogP contribution in [-0.2, 0) is 19.1 Å². The fourth-order valence-electron chi connectivity index (χ4n) is 2.73. The third kappa shape index (κ3) is 4.47. The Hall–Kier alpha value is -2.97. The number of benzene rings is 1. The predicted molar refractivity (Wildman–Crippen MR) is 96.1 cm³/mol. The van der Waals surface area contributed by atoms with E-state index in [2.05, 4.69) is 10.1 Å². The molecule has 1 aromatic carbocycles. The number of halogens is 1. The van der Waals surface area contributed by atoms with Crippen molar-refractivity contribution in [2.24, 2.45) is 0 Å². The standard InChI is InChI=1S/C19H23FN2O6/c1-12(23)19(20,15(24)22-10-11-27-17(22)26)14(13-8-6-5-7-9-13)21-16(25)28-18(2,3)4/h5-9,14H,10-11H2,1-4H3,(H,21,25)/t14-,19+/m1/s1. The molecule has 0 bridgehead atoms.